The van der Waals surface area contributed by atoms with Crippen LogP contribution in [0, 0.1) is 10.8 Å². The van der Waals surface area contributed by atoms with E-state index in [1.807, 2.05) is 0 Å². The Labute approximate surface area is 72.5 Å². The van der Waals surface area contributed by atoms with Crippen LogP contribution in [-0.4, -0.2) is 26.9 Å². The Morgan fingerprint density at radius 3 is 2.83 bits per heavy atom. The van der Waals surface area contributed by atoms with E-state index >= 15 is 0 Å². The van der Waals surface area contributed by atoms with E-state index < -0.39 is 0 Å². The topological polar surface area (TPSA) is 47.9 Å². The molecule has 0 aromatic rings. The zero-order chi connectivity index (χ0) is 9.23. The van der Waals surface area contributed by atoms with Crippen molar-refractivity contribution in [1.29, 1.82) is 0 Å². The van der Waals surface area contributed by atoms with Gasteiger partial charge in [-0.15, -0.1) is 0 Å². The first-order valence-corrected chi connectivity index (χ1v) is 3.85. The normalized spacial score (nSPS) is 12.1. The summed E-state index contributed by atoms with van der Waals surface area (Å²) in [6, 6.07) is 0. The first-order chi connectivity index (χ1) is 5.85. The molecule has 0 aliphatic heterocycles. The predicted octanol–water partition coefficient (Wildman–Crippen LogP) is 1.57. The van der Waals surface area contributed by atoms with Crippen molar-refractivity contribution >= 4 is 0 Å². The third kappa shape index (κ3) is 5.85. The molecular weight excluding hydrogens is 158 g/mol. The van der Waals surface area contributed by atoms with Gasteiger partial charge >= 0.3 is 0 Å². The van der Waals surface area contributed by atoms with Gasteiger partial charge in [0.2, 0.25) is 0 Å². The lowest BCUT2D eigenvalue weighted by Crippen LogP contribution is -2.15. The summed E-state index contributed by atoms with van der Waals surface area (Å²) in [7, 11) is 1.62. The minimum atomic E-state index is 0.227. The monoisotopic (exact) mass is 173 g/mol. The summed E-state index contributed by atoms with van der Waals surface area (Å²) in [6.07, 6.45) is 2.09. The van der Waals surface area contributed by atoms with Gasteiger partial charge in [-0.1, -0.05) is 11.8 Å². The van der Waals surface area contributed by atoms with Gasteiger partial charge in [-0.25, -0.2) is 0 Å². The van der Waals surface area contributed by atoms with Gasteiger partial charge in [-0.3, -0.25) is 0 Å². The summed E-state index contributed by atoms with van der Waals surface area (Å²) >= 11 is 0. The van der Waals surface area contributed by atoms with Crippen molar-refractivity contribution in [3.8, 4) is 0 Å². The Hall–Kier alpha value is -0.900. The molecule has 1 atom stereocenters. The molecule has 0 N–H and O–H groups in total. The van der Waals surface area contributed by atoms with Gasteiger partial charge in [0.05, 0.1) is 26.0 Å². The summed E-state index contributed by atoms with van der Waals surface area (Å²) in [4.78, 5) is 9.84. The summed E-state index contributed by atoms with van der Waals surface area (Å²) in [6.45, 7) is 4.86. The van der Waals surface area contributed by atoms with Crippen LogP contribution in [0.5, 0.6) is 0 Å². The molecule has 0 amide bonds. The number of hydrogen-bond acceptors (Lipinski definition) is 4. The zero-order valence-electron chi connectivity index (χ0n) is 7.36. The Morgan fingerprint density at radius 1 is 1.58 bits per heavy atom. The number of nitrogens with zero attached hydrogens (tertiary/aromatic N) is 1. The van der Waals surface area contributed by atoms with Crippen molar-refractivity contribution in [3.05, 3.63) is 17.7 Å². The zero-order valence-corrected chi connectivity index (χ0v) is 7.36. The summed E-state index contributed by atoms with van der Waals surface area (Å²) in [5.74, 6) is 0.227. The molecule has 1 unspecified atom stereocenters. The molecule has 0 spiro atoms. The molecule has 0 saturated heterocycles. The molecule has 0 radical (unpaired) electrons. The first kappa shape index (κ1) is 11.1. The van der Waals surface area contributed by atoms with E-state index in [0.717, 1.165) is 0 Å². The standard InChI is InChI=1S/C8H15NO3/c1-3-12-7-8(6-11-2)4-5-9-10/h3,8H,1,4-7H2,2H3. The van der Waals surface area contributed by atoms with Crippen LogP contribution in [0.4, 0.5) is 0 Å². The molecule has 0 aromatic carbocycles. The molecule has 0 heterocycles. The molecule has 4 heteroatoms. The predicted molar refractivity (Wildman–Crippen MR) is 46.8 cm³/mol. The second kappa shape index (κ2) is 8.20. The molecule has 0 aliphatic carbocycles. The van der Waals surface area contributed by atoms with E-state index in [1.165, 1.54) is 6.26 Å². The minimum Gasteiger partial charge on any atom is -0.501 e. The van der Waals surface area contributed by atoms with Crippen LogP contribution in [0.2, 0.25) is 0 Å². The Kier molecular flexibility index (Phi) is 7.58. The molecule has 0 aromatic heterocycles. The van der Waals surface area contributed by atoms with E-state index in [4.69, 9.17) is 9.47 Å². The van der Waals surface area contributed by atoms with Crippen LogP contribution >= 0.6 is 0 Å². The molecule has 0 saturated carbocycles. The maximum atomic E-state index is 9.84. The minimum absolute atomic E-state index is 0.227. The van der Waals surface area contributed by atoms with Crippen molar-refractivity contribution in [2.75, 3.05) is 26.9 Å². The second-order valence-electron chi connectivity index (χ2n) is 2.46. The maximum Gasteiger partial charge on any atom is 0.0923 e. The molecule has 0 bridgehead atoms. The van der Waals surface area contributed by atoms with Gasteiger partial charge in [0, 0.05) is 13.0 Å². The van der Waals surface area contributed by atoms with Crippen LogP contribution in [0.3, 0.4) is 0 Å². The number of methoxy groups -OCH3 is 1. The molecular formula is C8H15NO3. The number of nitroso groups, excluding NO2 is 1. The summed E-state index contributed by atoms with van der Waals surface area (Å²) in [5, 5.41) is 2.78. The lowest BCUT2D eigenvalue weighted by Gasteiger charge is -2.12. The Balaban J connectivity index is 3.52. The van der Waals surface area contributed by atoms with Crippen molar-refractivity contribution < 1.29 is 9.47 Å². The van der Waals surface area contributed by atoms with E-state index in [1.54, 1.807) is 7.11 Å². The lowest BCUT2D eigenvalue weighted by atomic mass is 10.1. The highest BCUT2D eigenvalue weighted by Gasteiger charge is 2.07. The molecule has 70 valence electrons. The van der Waals surface area contributed by atoms with Gasteiger partial charge in [-0.2, -0.15) is 4.91 Å². The first-order valence-electron chi connectivity index (χ1n) is 3.85. The SMILES string of the molecule is C=COCC(CCN=O)COC. The average Bonchev–Trinajstić information content (AvgIpc) is 2.10. The fourth-order valence-electron chi connectivity index (χ4n) is 0.890. The molecule has 0 rings (SSSR count). The van der Waals surface area contributed by atoms with Crippen LogP contribution in [0.15, 0.2) is 18.0 Å². The second-order valence-corrected chi connectivity index (χ2v) is 2.46. The van der Waals surface area contributed by atoms with Crippen LogP contribution in [0.1, 0.15) is 6.42 Å². The van der Waals surface area contributed by atoms with E-state index in [2.05, 4.69) is 11.8 Å². The maximum absolute atomic E-state index is 9.84. The third-order valence-corrected chi connectivity index (χ3v) is 1.48. The van der Waals surface area contributed by atoms with Gasteiger partial charge in [0.15, 0.2) is 0 Å². The Bertz CT molecular complexity index is 115. The summed E-state index contributed by atoms with van der Waals surface area (Å²) < 4.78 is 9.93. The Morgan fingerprint density at radius 2 is 2.33 bits per heavy atom. The largest absolute Gasteiger partial charge is 0.501 e. The number of ether oxygens (including phenoxy) is 2. The summed E-state index contributed by atoms with van der Waals surface area (Å²) in [5.41, 5.74) is 0. The quantitative estimate of drug-likeness (QED) is 0.413. The molecule has 12 heavy (non-hydrogen) atoms. The van der Waals surface area contributed by atoms with Crippen molar-refractivity contribution in [2.24, 2.45) is 11.1 Å². The van der Waals surface area contributed by atoms with E-state index in [-0.39, 0.29) is 5.92 Å². The third-order valence-electron chi connectivity index (χ3n) is 1.48. The van der Waals surface area contributed by atoms with Gasteiger partial charge in [-0.05, 0) is 6.42 Å². The fraction of sp³-hybridized carbons (Fsp3) is 0.750. The number of hydrogen-bond donors (Lipinski definition) is 0. The van der Waals surface area contributed by atoms with Gasteiger partial charge in [0.1, 0.15) is 0 Å². The highest BCUT2D eigenvalue weighted by atomic mass is 16.5. The van der Waals surface area contributed by atoms with Crippen LogP contribution in [-0.2, 0) is 9.47 Å². The average molecular weight is 173 g/mol. The van der Waals surface area contributed by atoms with Crippen molar-refractivity contribution in [2.45, 2.75) is 6.42 Å². The van der Waals surface area contributed by atoms with Crippen LogP contribution in [0.25, 0.3) is 0 Å². The van der Waals surface area contributed by atoms with E-state index in [9.17, 15) is 4.91 Å². The molecule has 0 fully saturated rings. The van der Waals surface area contributed by atoms with Crippen LogP contribution < -0.4 is 0 Å². The lowest BCUT2D eigenvalue weighted by molar-refractivity contribution is 0.0982. The van der Waals surface area contributed by atoms with Crippen molar-refractivity contribution in [3.63, 3.8) is 0 Å². The number of rotatable bonds is 8. The highest BCUT2D eigenvalue weighted by molar-refractivity contribution is 4.61. The van der Waals surface area contributed by atoms with Gasteiger partial charge < -0.3 is 9.47 Å². The van der Waals surface area contributed by atoms with Gasteiger partial charge in [0.25, 0.3) is 0 Å². The molecule has 0 aliphatic rings. The van der Waals surface area contributed by atoms with E-state index in [0.29, 0.717) is 26.2 Å². The molecule has 4 nitrogen and oxygen atoms in total. The fourth-order valence-corrected chi connectivity index (χ4v) is 0.890. The van der Waals surface area contributed by atoms with Crippen molar-refractivity contribution in [1.82, 2.24) is 0 Å². The smallest absolute Gasteiger partial charge is 0.0923 e. The highest BCUT2D eigenvalue weighted by Crippen LogP contribution is 2.04.